The smallest absolute Gasteiger partial charge is 0.254 e. The largest absolute Gasteiger partial charge is 0.445 e. The number of aromatic nitrogens is 1. The SMILES string of the molecule is Cc1ccc(NC(=O)C2CNCCO2)cc1-c1ncco1. The van der Waals surface area contributed by atoms with Gasteiger partial charge in [-0.3, -0.25) is 4.79 Å². The van der Waals surface area contributed by atoms with Gasteiger partial charge in [0.2, 0.25) is 5.89 Å². The van der Waals surface area contributed by atoms with Gasteiger partial charge in [0.1, 0.15) is 12.4 Å². The van der Waals surface area contributed by atoms with Gasteiger partial charge in [-0.2, -0.15) is 0 Å². The molecule has 0 bridgehead atoms. The maximum absolute atomic E-state index is 12.1. The van der Waals surface area contributed by atoms with Crippen LogP contribution >= 0.6 is 0 Å². The summed E-state index contributed by atoms with van der Waals surface area (Å²) in [6, 6.07) is 5.64. The highest BCUT2D eigenvalue weighted by molar-refractivity contribution is 5.95. The Kier molecular flexibility index (Phi) is 3.98. The highest BCUT2D eigenvalue weighted by Gasteiger charge is 2.22. The number of anilines is 1. The molecule has 1 aromatic heterocycles. The third kappa shape index (κ3) is 3.12. The average Bonchev–Trinajstić information content (AvgIpc) is 3.04. The van der Waals surface area contributed by atoms with Crippen molar-refractivity contribution in [2.24, 2.45) is 0 Å². The second-order valence-electron chi connectivity index (χ2n) is 4.92. The number of carbonyl (C=O) groups excluding carboxylic acids is 1. The highest BCUT2D eigenvalue weighted by atomic mass is 16.5. The fourth-order valence-corrected chi connectivity index (χ4v) is 2.24. The van der Waals surface area contributed by atoms with Crippen LogP contribution in [-0.2, 0) is 9.53 Å². The normalized spacial score (nSPS) is 18.4. The summed E-state index contributed by atoms with van der Waals surface area (Å²) in [7, 11) is 0. The molecule has 0 aliphatic carbocycles. The van der Waals surface area contributed by atoms with E-state index in [-0.39, 0.29) is 5.91 Å². The molecule has 2 N–H and O–H groups in total. The summed E-state index contributed by atoms with van der Waals surface area (Å²) in [4.78, 5) is 16.3. The number of hydrogen-bond acceptors (Lipinski definition) is 5. The van der Waals surface area contributed by atoms with Crippen LogP contribution in [0.2, 0.25) is 0 Å². The van der Waals surface area contributed by atoms with Gasteiger partial charge >= 0.3 is 0 Å². The molecule has 21 heavy (non-hydrogen) atoms. The van der Waals surface area contributed by atoms with Crippen molar-refractivity contribution in [3.05, 3.63) is 36.2 Å². The first-order valence-corrected chi connectivity index (χ1v) is 6.88. The lowest BCUT2D eigenvalue weighted by Gasteiger charge is -2.22. The molecule has 0 radical (unpaired) electrons. The minimum Gasteiger partial charge on any atom is -0.445 e. The van der Waals surface area contributed by atoms with Crippen LogP contribution in [0, 0.1) is 6.92 Å². The molecule has 2 aromatic rings. The lowest BCUT2D eigenvalue weighted by molar-refractivity contribution is -0.128. The van der Waals surface area contributed by atoms with E-state index in [2.05, 4.69) is 15.6 Å². The number of benzene rings is 1. The number of amides is 1. The second-order valence-corrected chi connectivity index (χ2v) is 4.92. The monoisotopic (exact) mass is 287 g/mol. The molecule has 0 spiro atoms. The third-order valence-electron chi connectivity index (χ3n) is 3.39. The number of nitrogens with zero attached hydrogens (tertiary/aromatic N) is 1. The molecule has 1 saturated heterocycles. The Labute approximate surface area is 122 Å². The van der Waals surface area contributed by atoms with Crippen molar-refractivity contribution in [1.29, 1.82) is 0 Å². The van der Waals surface area contributed by atoms with Crippen LogP contribution < -0.4 is 10.6 Å². The predicted octanol–water partition coefficient (Wildman–Crippen LogP) is 1.58. The summed E-state index contributed by atoms with van der Waals surface area (Å²) in [5, 5.41) is 6.00. The average molecular weight is 287 g/mol. The van der Waals surface area contributed by atoms with Crippen molar-refractivity contribution in [1.82, 2.24) is 10.3 Å². The minimum absolute atomic E-state index is 0.149. The van der Waals surface area contributed by atoms with E-state index >= 15 is 0 Å². The van der Waals surface area contributed by atoms with Gasteiger partial charge in [0.15, 0.2) is 0 Å². The fraction of sp³-hybridized carbons (Fsp3) is 0.333. The van der Waals surface area contributed by atoms with E-state index in [9.17, 15) is 4.79 Å². The van der Waals surface area contributed by atoms with E-state index in [1.807, 2.05) is 25.1 Å². The molecule has 1 aromatic carbocycles. The van der Waals surface area contributed by atoms with Gasteiger partial charge in [0.25, 0.3) is 5.91 Å². The molecule has 1 unspecified atom stereocenters. The van der Waals surface area contributed by atoms with E-state index in [1.54, 1.807) is 6.20 Å². The lowest BCUT2D eigenvalue weighted by atomic mass is 10.1. The topological polar surface area (TPSA) is 76.4 Å². The zero-order valence-electron chi connectivity index (χ0n) is 11.8. The number of morpholine rings is 1. The molecule has 2 heterocycles. The fourth-order valence-electron chi connectivity index (χ4n) is 2.24. The van der Waals surface area contributed by atoms with Crippen molar-refractivity contribution in [2.45, 2.75) is 13.0 Å². The third-order valence-corrected chi connectivity index (χ3v) is 3.39. The van der Waals surface area contributed by atoms with Crippen LogP contribution in [0.4, 0.5) is 5.69 Å². The number of nitrogens with one attached hydrogen (secondary N) is 2. The minimum atomic E-state index is -0.453. The molecule has 0 saturated carbocycles. The van der Waals surface area contributed by atoms with E-state index in [4.69, 9.17) is 9.15 Å². The van der Waals surface area contributed by atoms with Crippen LogP contribution in [0.15, 0.2) is 35.1 Å². The van der Waals surface area contributed by atoms with Gasteiger partial charge in [0.05, 0.1) is 12.8 Å². The van der Waals surface area contributed by atoms with Gasteiger partial charge in [0, 0.05) is 24.3 Å². The maximum atomic E-state index is 12.1. The van der Waals surface area contributed by atoms with Crippen molar-refractivity contribution in [3.8, 4) is 11.5 Å². The maximum Gasteiger partial charge on any atom is 0.254 e. The number of hydrogen-bond donors (Lipinski definition) is 2. The van der Waals surface area contributed by atoms with Gasteiger partial charge < -0.3 is 19.8 Å². The van der Waals surface area contributed by atoms with Crippen molar-refractivity contribution in [3.63, 3.8) is 0 Å². The number of aryl methyl sites for hydroxylation is 1. The molecule has 6 heteroatoms. The molecule has 1 aliphatic heterocycles. The van der Waals surface area contributed by atoms with Crippen molar-refractivity contribution < 1.29 is 13.9 Å². The lowest BCUT2D eigenvalue weighted by Crippen LogP contribution is -2.45. The molecule has 1 amide bonds. The highest BCUT2D eigenvalue weighted by Crippen LogP contribution is 2.25. The summed E-state index contributed by atoms with van der Waals surface area (Å²) in [5.41, 5.74) is 2.60. The van der Waals surface area contributed by atoms with E-state index in [0.29, 0.717) is 24.7 Å². The van der Waals surface area contributed by atoms with E-state index in [0.717, 1.165) is 17.7 Å². The zero-order chi connectivity index (χ0) is 14.7. The Bertz CT molecular complexity index is 619. The Morgan fingerprint density at radius 1 is 1.48 bits per heavy atom. The molecule has 1 aliphatic rings. The number of carbonyl (C=O) groups is 1. The van der Waals surface area contributed by atoms with Crippen LogP contribution in [0.3, 0.4) is 0 Å². The van der Waals surface area contributed by atoms with Gasteiger partial charge in [-0.1, -0.05) is 6.07 Å². The second kappa shape index (κ2) is 6.07. The quantitative estimate of drug-likeness (QED) is 0.896. The first-order valence-electron chi connectivity index (χ1n) is 6.88. The summed E-state index contributed by atoms with van der Waals surface area (Å²) in [5.74, 6) is 0.392. The van der Waals surface area contributed by atoms with E-state index in [1.165, 1.54) is 6.26 Å². The van der Waals surface area contributed by atoms with Crippen LogP contribution in [0.5, 0.6) is 0 Å². The molecule has 6 nitrogen and oxygen atoms in total. The number of oxazole rings is 1. The Hall–Kier alpha value is -2.18. The molecule has 1 fully saturated rings. The Balaban J connectivity index is 1.77. The summed E-state index contributed by atoms with van der Waals surface area (Å²) in [6.45, 7) is 3.83. The van der Waals surface area contributed by atoms with E-state index < -0.39 is 6.10 Å². The first kappa shape index (κ1) is 13.8. The number of rotatable bonds is 3. The summed E-state index contributed by atoms with van der Waals surface area (Å²) < 4.78 is 10.8. The van der Waals surface area contributed by atoms with Crippen molar-refractivity contribution in [2.75, 3.05) is 25.0 Å². The molecule has 3 rings (SSSR count). The standard InChI is InChI=1S/C15H17N3O3/c1-10-2-3-11(8-12(10)15-17-5-7-21-15)18-14(19)13-9-16-4-6-20-13/h2-3,5,7-8,13,16H,4,6,9H2,1H3,(H,18,19). The van der Waals surface area contributed by atoms with Gasteiger partial charge in [-0.05, 0) is 24.6 Å². The van der Waals surface area contributed by atoms with Crippen LogP contribution in [0.1, 0.15) is 5.56 Å². The number of ether oxygens (including phenoxy) is 1. The summed E-state index contributed by atoms with van der Waals surface area (Å²) in [6.07, 6.45) is 2.67. The molecule has 1 atom stereocenters. The molecular weight excluding hydrogens is 270 g/mol. The Morgan fingerprint density at radius 2 is 2.38 bits per heavy atom. The predicted molar refractivity (Wildman–Crippen MR) is 77.9 cm³/mol. The van der Waals surface area contributed by atoms with Crippen LogP contribution in [-0.4, -0.2) is 36.7 Å². The van der Waals surface area contributed by atoms with Gasteiger partial charge in [-0.15, -0.1) is 0 Å². The zero-order valence-corrected chi connectivity index (χ0v) is 11.8. The molecule has 110 valence electrons. The summed E-state index contributed by atoms with van der Waals surface area (Å²) >= 11 is 0. The van der Waals surface area contributed by atoms with Gasteiger partial charge in [-0.25, -0.2) is 4.98 Å². The molecular formula is C15H17N3O3. The first-order chi connectivity index (χ1) is 10.2. The van der Waals surface area contributed by atoms with Crippen LogP contribution in [0.25, 0.3) is 11.5 Å². The Morgan fingerprint density at radius 3 is 3.10 bits per heavy atom. The van der Waals surface area contributed by atoms with Crippen molar-refractivity contribution >= 4 is 11.6 Å².